The molecule has 3 aromatic rings. The molecule has 0 aromatic heterocycles. The largest absolute Gasteiger partial charge is 0.495 e. The van der Waals surface area contributed by atoms with Gasteiger partial charge in [-0.15, -0.1) is 0 Å². The van der Waals surface area contributed by atoms with Gasteiger partial charge in [0, 0.05) is 13.6 Å². The van der Waals surface area contributed by atoms with E-state index >= 15 is 0 Å². The summed E-state index contributed by atoms with van der Waals surface area (Å²) < 4.78 is 34.0. The smallest absolute Gasteiger partial charge is 0.264 e. The van der Waals surface area contributed by atoms with Crippen LogP contribution in [0.1, 0.15) is 18.9 Å². The number of amides is 2. The van der Waals surface area contributed by atoms with Crippen LogP contribution in [-0.4, -0.2) is 51.9 Å². The van der Waals surface area contributed by atoms with E-state index in [2.05, 4.69) is 5.32 Å². The summed E-state index contributed by atoms with van der Waals surface area (Å²) in [5.74, 6) is -0.533. The molecule has 1 atom stereocenters. The lowest BCUT2D eigenvalue weighted by molar-refractivity contribution is -0.140. The molecule has 36 heavy (non-hydrogen) atoms. The van der Waals surface area contributed by atoms with Crippen molar-refractivity contribution in [1.29, 1.82) is 0 Å². The molecule has 0 radical (unpaired) electrons. The normalized spacial score (nSPS) is 11.9. The molecular formula is C27H31N3O5S. The van der Waals surface area contributed by atoms with Crippen molar-refractivity contribution in [3.05, 3.63) is 90.5 Å². The van der Waals surface area contributed by atoms with Gasteiger partial charge in [0.15, 0.2) is 0 Å². The van der Waals surface area contributed by atoms with E-state index in [0.717, 1.165) is 9.87 Å². The standard InChI is InChI=1S/C27H31N3O5S/c1-4-23(27(32)28-2)29(19-21-13-7-5-8-14-21)26(31)20-30(24-17-11-12-18-25(24)35-3)36(33,34)22-15-9-6-10-16-22/h5-18,23H,4,19-20H2,1-3H3,(H,28,32)/t23-/m1/s1. The number of hydrogen-bond acceptors (Lipinski definition) is 5. The summed E-state index contributed by atoms with van der Waals surface area (Å²) >= 11 is 0. The third-order valence-corrected chi connectivity index (χ3v) is 7.57. The fourth-order valence-electron chi connectivity index (χ4n) is 3.94. The Bertz CT molecular complexity index is 1270. The SMILES string of the molecule is CC[C@H](C(=O)NC)N(Cc1ccccc1)C(=O)CN(c1ccccc1OC)S(=O)(=O)c1ccccc1. The molecule has 0 aliphatic heterocycles. The van der Waals surface area contributed by atoms with Crippen molar-refractivity contribution in [2.75, 3.05) is 25.0 Å². The highest BCUT2D eigenvalue weighted by Gasteiger charge is 2.34. The van der Waals surface area contributed by atoms with Crippen LogP contribution in [0.25, 0.3) is 0 Å². The van der Waals surface area contributed by atoms with Gasteiger partial charge in [-0.3, -0.25) is 13.9 Å². The zero-order valence-electron chi connectivity index (χ0n) is 20.6. The van der Waals surface area contributed by atoms with Gasteiger partial charge >= 0.3 is 0 Å². The van der Waals surface area contributed by atoms with Gasteiger partial charge < -0.3 is 15.0 Å². The number of nitrogens with one attached hydrogen (secondary N) is 1. The number of anilines is 1. The maximum absolute atomic E-state index is 13.8. The molecule has 0 bridgehead atoms. The second kappa shape index (κ2) is 12.2. The molecule has 0 aliphatic carbocycles. The van der Waals surface area contributed by atoms with E-state index < -0.39 is 28.5 Å². The van der Waals surface area contributed by atoms with Crippen LogP contribution in [0, 0.1) is 0 Å². The van der Waals surface area contributed by atoms with Crippen LogP contribution < -0.4 is 14.4 Å². The quantitative estimate of drug-likeness (QED) is 0.427. The fourth-order valence-corrected chi connectivity index (χ4v) is 5.38. The topological polar surface area (TPSA) is 96.0 Å². The molecular weight excluding hydrogens is 478 g/mol. The number of carbonyl (C=O) groups is 2. The molecule has 3 rings (SSSR count). The third kappa shape index (κ3) is 6.04. The van der Waals surface area contributed by atoms with Crippen LogP contribution in [-0.2, 0) is 26.2 Å². The van der Waals surface area contributed by atoms with E-state index in [0.29, 0.717) is 12.2 Å². The van der Waals surface area contributed by atoms with Crippen LogP contribution in [0.5, 0.6) is 5.75 Å². The maximum Gasteiger partial charge on any atom is 0.264 e. The number of para-hydroxylation sites is 2. The number of nitrogens with zero attached hydrogens (tertiary/aromatic N) is 2. The lowest BCUT2D eigenvalue weighted by Gasteiger charge is -2.33. The molecule has 0 heterocycles. The summed E-state index contributed by atoms with van der Waals surface area (Å²) in [4.78, 5) is 28.0. The van der Waals surface area contributed by atoms with E-state index in [4.69, 9.17) is 4.74 Å². The minimum atomic E-state index is -4.14. The number of hydrogen-bond donors (Lipinski definition) is 1. The van der Waals surface area contributed by atoms with Crippen molar-refractivity contribution in [3.8, 4) is 5.75 Å². The summed E-state index contributed by atoms with van der Waals surface area (Å²) in [6, 6.07) is 23.0. The van der Waals surface area contributed by atoms with Crippen LogP contribution in [0.4, 0.5) is 5.69 Å². The maximum atomic E-state index is 13.8. The Kier molecular flexibility index (Phi) is 9.08. The number of ether oxygens (including phenoxy) is 1. The monoisotopic (exact) mass is 509 g/mol. The molecule has 0 saturated carbocycles. The van der Waals surface area contributed by atoms with E-state index in [1.165, 1.54) is 31.2 Å². The van der Waals surface area contributed by atoms with Gasteiger partial charge in [0.05, 0.1) is 17.7 Å². The number of sulfonamides is 1. The average molecular weight is 510 g/mol. The fraction of sp³-hybridized carbons (Fsp3) is 0.259. The van der Waals surface area contributed by atoms with Gasteiger partial charge in [0.1, 0.15) is 18.3 Å². The second-order valence-corrected chi connectivity index (χ2v) is 9.90. The zero-order chi connectivity index (χ0) is 26.1. The lowest BCUT2D eigenvalue weighted by Crippen LogP contribution is -2.51. The van der Waals surface area contributed by atoms with Gasteiger partial charge in [-0.2, -0.15) is 0 Å². The van der Waals surface area contributed by atoms with E-state index in [1.54, 1.807) is 42.5 Å². The molecule has 3 aromatic carbocycles. The Balaban J connectivity index is 2.08. The molecule has 0 saturated heterocycles. The molecule has 0 spiro atoms. The summed E-state index contributed by atoms with van der Waals surface area (Å²) in [5.41, 5.74) is 1.05. The molecule has 9 heteroatoms. The Morgan fingerprint density at radius 2 is 1.50 bits per heavy atom. The minimum absolute atomic E-state index is 0.0386. The Morgan fingerprint density at radius 1 is 0.917 bits per heavy atom. The van der Waals surface area contributed by atoms with E-state index in [1.807, 2.05) is 37.3 Å². The predicted octanol–water partition coefficient (Wildman–Crippen LogP) is 3.44. The predicted molar refractivity (Wildman–Crippen MR) is 139 cm³/mol. The molecule has 0 aliphatic rings. The van der Waals surface area contributed by atoms with Crippen molar-refractivity contribution in [2.24, 2.45) is 0 Å². The summed E-state index contributed by atoms with van der Waals surface area (Å²) in [6.07, 6.45) is 0.359. The first-order chi connectivity index (χ1) is 17.3. The molecule has 8 nitrogen and oxygen atoms in total. The molecule has 2 amide bonds. The first kappa shape index (κ1) is 26.7. The minimum Gasteiger partial charge on any atom is -0.495 e. The van der Waals surface area contributed by atoms with Crippen LogP contribution in [0.15, 0.2) is 89.8 Å². The number of methoxy groups -OCH3 is 1. The number of likely N-dealkylation sites (N-methyl/N-ethyl adjacent to an activating group) is 1. The van der Waals surface area contributed by atoms with Gasteiger partial charge in [0.2, 0.25) is 11.8 Å². The Morgan fingerprint density at radius 3 is 2.08 bits per heavy atom. The van der Waals surface area contributed by atoms with Gasteiger partial charge in [-0.05, 0) is 36.2 Å². The molecule has 190 valence electrons. The summed E-state index contributed by atoms with van der Waals surface area (Å²) in [6.45, 7) is 1.44. The number of carbonyl (C=O) groups excluding carboxylic acids is 2. The highest BCUT2D eigenvalue weighted by molar-refractivity contribution is 7.92. The van der Waals surface area contributed by atoms with Crippen molar-refractivity contribution in [2.45, 2.75) is 30.8 Å². The summed E-state index contributed by atoms with van der Waals surface area (Å²) in [5, 5.41) is 2.61. The van der Waals surface area contributed by atoms with Crippen LogP contribution in [0.3, 0.4) is 0 Å². The van der Waals surface area contributed by atoms with E-state index in [9.17, 15) is 18.0 Å². The van der Waals surface area contributed by atoms with Gasteiger partial charge in [-0.1, -0.05) is 67.6 Å². The van der Waals surface area contributed by atoms with Crippen LogP contribution in [0.2, 0.25) is 0 Å². The average Bonchev–Trinajstić information content (AvgIpc) is 2.92. The van der Waals surface area contributed by atoms with E-state index in [-0.39, 0.29) is 23.0 Å². The summed E-state index contributed by atoms with van der Waals surface area (Å²) in [7, 11) is -1.19. The van der Waals surface area contributed by atoms with Crippen molar-refractivity contribution >= 4 is 27.5 Å². The van der Waals surface area contributed by atoms with Gasteiger partial charge in [0.25, 0.3) is 10.0 Å². The molecule has 0 fully saturated rings. The number of benzene rings is 3. The van der Waals surface area contributed by atoms with Crippen LogP contribution >= 0.6 is 0 Å². The Hall–Kier alpha value is -3.85. The number of rotatable bonds is 11. The first-order valence-electron chi connectivity index (χ1n) is 11.6. The van der Waals surface area contributed by atoms with Gasteiger partial charge in [-0.25, -0.2) is 8.42 Å². The highest BCUT2D eigenvalue weighted by atomic mass is 32.2. The van der Waals surface area contributed by atoms with Crippen molar-refractivity contribution in [3.63, 3.8) is 0 Å². The zero-order valence-corrected chi connectivity index (χ0v) is 21.4. The lowest BCUT2D eigenvalue weighted by atomic mass is 10.1. The van der Waals surface area contributed by atoms with Crippen molar-refractivity contribution in [1.82, 2.24) is 10.2 Å². The van der Waals surface area contributed by atoms with Crippen molar-refractivity contribution < 1.29 is 22.7 Å². The highest BCUT2D eigenvalue weighted by Crippen LogP contribution is 2.32. The third-order valence-electron chi connectivity index (χ3n) is 5.79. The Labute approximate surface area is 212 Å². The molecule has 0 unspecified atom stereocenters. The second-order valence-electron chi connectivity index (χ2n) is 8.04. The molecule has 1 N–H and O–H groups in total. The first-order valence-corrected chi connectivity index (χ1v) is 13.0.